The van der Waals surface area contributed by atoms with Crippen LogP contribution in [0.3, 0.4) is 0 Å². The lowest BCUT2D eigenvalue weighted by molar-refractivity contribution is -0.130. The fourth-order valence-corrected chi connectivity index (χ4v) is 3.76. The molecule has 1 aliphatic heterocycles. The molecule has 0 spiro atoms. The largest absolute Gasteiger partial charge is 0.503 e. The number of rotatable bonds is 4. The molecule has 0 bridgehead atoms. The molecule has 4 heteroatoms. The Kier molecular flexibility index (Phi) is 4.93. The van der Waals surface area contributed by atoms with E-state index in [0.717, 1.165) is 16.7 Å². The van der Waals surface area contributed by atoms with Gasteiger partial charge in [-0.05, 0) is 31.0 Å². The van der Waals surface area contributed by atoms with Crippen LogP contribution in [0.2, 0.25) is 0 Å². The Labute approximate surface area is 169 Å². The van der Waals surface area contributed by atoms with Gasteiger partial charge in [-0.25, -0.2) is 4.39 Å². The second-order valence-electron chi connectivity index (χ2n) is 7.47. The molecule has 3 aromatic carbocycles. The summed E-state index contributed by atoms with van der Waals surface area (Å²) in [5, 5.41) is 10.8. The predicted molar refractivity (Wildman–Crippen MR) is 112 cm³/mol. The monoisotopic (exact) mass is 387 g/mol. The van der Waals surface area contributed by atoms with Gasteiger partial charge in [0, 0.05) is 17.7 Å². The van der Waals surface area contributed by atoms with Crippen molar-refractivity contribution >= 4 is 11.5 Å². The van der Waals surface area contributed by atoms with Gasteiger partial charge in [0.25, 0.3) is 5.91 Å². The zero-order valence-corrected chi connectivity index (χ0v) is 16.4. The average Bonchev–Trinajstić information content (AvgIpc) is 2.95. The standard InChI is InChI=1S/C25H22FNO2/c1-16-7-11-18(12-8-16)15-27-23(20-5-3-4-6-21(20)26)22(24(28)25(27)29)19-13-9-17(2)10-14-19/h3-14,23,28H,15H2,1-2H3. The van der Waals surface area contributed by atoms with Crippen molar-refractivity contribution in [1.29, 1.82) is 0 Å². The molecule has 0 saturated heterocycles. The first kappa shape index (κ1) is 18.9. The molecule has 1 unspecified atom stereocenters. The molecule has 0 aliphatic carbocycles. The van der Waals surface area contributed by atoms with Crippen LogP contribution in [0.4, 0.5) is 4.39 Å². The maximum absolute atomic E-state index is 14.8. The zero-order chi connectivity index (χ0) is 20.5. The zero-order valence-electron chi connectivity index (χ0n) is 16.4. The smallest absolute Gasteiger partial charge is 0.290 e. The Bertz CT molecular complexity index is 1080. The van der Waals surface area contributed by atoms with Crippen molar-refractivity contribution in [3.05, 3.63) is 112 Å². The van der Waals surface area contributed by atoms with E-state index in [1.165, 1.54) is 11.0 Å². The fourth-order valence-electron chi connectivity index (χ4n) is 3.76. The quantitative estimate of drug-likeness (QED) is 0.643. The molecule has 0 fully saturated rings. The van der Waals surface area contributed by atoms with Crippen LogP contribution in [-0.4, -0.2) is 15.9 Å². The fraction of sp³-hybridized carbons (Fsp3) is 0.160. The third kappa shape index (κ3) is 3.54. The van der Waals surface area contributed by atoms with Crippen LogP contribution < -0.4 is 0 Å². The van der Waals surface area contributed by atoms with Crippen molar-refractivity contribution in [3.63, 3.8) is 0 Å². The van der Waals surface area contributed by atoms with E-state index in [1.54, 1.807) is 18.2 Å². The van der Waals surface area contributed by atoms with Gasteiger partial charge in [-0.2, -0.15) is 0 Å². The van der Waals surface area contributed by atoms with Crippen molar-refractivity contribution in [2.24, 2.45) is 0 Å². The summed E-state index contributed by atoms with van der Waals surface area (Å²) in [7, 11) is 0. The van der Waals surface area contributed by atoms with Crippen LogP contribution in [0.25, 0.3) is 5.57 Å². The van der Waals surface area contributed by atoms with Crippen LogP contribution in [-0.2, 0) is 11.3 Å². The number of carbonyl (C=O) groups excluding carboxylic acids is 1. The topological polar surface area (TPSA) is 40.5 Å². The number of benzene rings is 3. The molecule has 1 heterocycles. The van der Waals surface area contributed by atoms with Gasteiger partial charge < -0.3 is 10.0 Å². The molecule has 29 heavy (non-hydrogen) atoms. The van der Waals surface area contributed by atoms with E-state index in [0.29, 0.717) is 16.7 Å². The predicted octanol–water partition coefficient (Wildman–Crippen LogP) is 5.50. The Morgan fingerprint density at radius 3 is 2.10 bits per heavy atom. The molecule has 0 radical (unpaired) electrons. The van der Waals surface area contributed by atoms with Gasteiger partial charge in [0.1, 0.15) is 5.82 Å². The number of amides is 1. The first-order valence-electron chi connectivity index (χ1n) is 9.57. The Hall–Kier alpha value is -3.40. The lowest BCUT2D eigenvalue weighted by atomic mass is 9.92. The van der Waals surface area contributed by atoms with Gasteiger partial charge in [0.05, 0.1) is 6.04 Å². The highest BCUT2D eigenvalue weighted by Crippen LogP contribution is 2.44. The molecule has 1 N–H and O–H groups in total. The molecule has 3 aromatic rings. The Morgan fingerprint density at radius 2 is 1.48 bits per heavy atom. The van der Waals surface area contributed by atoms with E-state index >= 15 is 0 Å². The number of aliphatic hydroxyl groups excluding tert-OH is 1. The van der Waals surface area contributed by atoms with Gasteiger partial charge in [-0.3, -0.25) is 4.79 Å². The van der Waals surface area contributed by atoms with E-state index in [1.807, 2.05) is 62.4 Å². The van der Waals surface area contributed by atoms with Gasteiger partial charge in [0.15, 0.2) is 5.76 Å². The number of carbonyl (C=O) groups is 1. The van der Waals surface area contributed by atoms with Gasteiger partial charge in [0.2, 0.25) is 0 Å². The highest BCUT2D eigenvalue weighted by molar-refractivity contribution is 6.05. The van der Waals surface area contributed by atoms with Gasteiger partial charge >= 0.3 is 0 Å². The Morgan fingerprint density at radius 1 is 0.897 bits per heavy atom. The van der Waals surface area contributed by atoms with E-state index in [-0.39, 0.29) is 12.3 Å². The summed E-state index contributed by atoms with van der Waals surface area (Å²) in [6.45, 7) is 4.24. The number of aryl methyl sites for hydroxylation is 2. The summed E-state index contributed by atoms with van der Waals surface area (Å²) in [4.78, 5) is 14.6. The molecule has 4 rings (SSSR count). The van der Waals surface area contributed by atoms with Crippen LogP contribution in [0.5, 0.6) is 0 Å². The van der Waals surface area contributed by atoms with Crippen LogP contribution in [0.15, 0.2) is 78.6 Å². The lowest BCUT2D eigenvalue weighted by Gasteiger charge is -2.28. The maximum atomic E-state index is 14.8. The maximum Gasteiger partial charge on any atom is 0.290 e. The normalized spacial score (nSPS) is 16.6. The molecule has 1 aliphatic rings. The average molecular weight is 387 g/mol. The number of aliphatic hydroxyl groups is 1. The van der Waals surface area contributed by atoms with E-state index in [9.17, 15) is 14.3 Å². The Balaban J connectivity index is 1.83. The van der Waals surface area contributed by atoms with Crippen LogP contribution in [0, 0.1) is 19.7 Å². The molecule has 0 saturated carbocycles. The molecular formula is C25H22FNO2. The van der Waals surface area contributed by atoms with E-state index in [2.05, 4.69) is 0 Å². The molecular weight excluding hydrogens is 365 g/mol. The van der Waals surface area contributed by atoms with Crippen LogP contribution >= 0.6 is 0 Å². The number of hydrogen-bond acceptors (Lipinski definition) is 2. The third-order valence-corrected chi connectivity index (χ3v) is 5.34. The van der Waals surface area contributed by atoms with E-state index in [4.69, 9.17) is 0 Å². The minimum Gasteiger partial charge on any atom is -0.503 e. The number of hydrogen-bond donors (Lipinski definition) is 1. The summed E-state index contributed by atoms with van der Waals surface area (Å²) in [5.74, 6) is -1.22. The van der Waals surface area contributed by atoms with Crippen molar-refractivity contribution in [3.8, 4) is 0 Å². The first-order valence-corrected chi connectivity index (χ1v) is 9.57. The van der Waals surface area contributed by atoms with Crippen molar-refractivity contribution < 1.29 is 14.3 Å². The minimum absolute atomic E-state index is 0.275. The lowest BCUT2D eigenvalue weighted by Crippen LogP contribution is -2.30. The molecule has 1 atom stereocenters. The first-order chi connectivity index (χ1) is 14.0. The van der Waals surface area contributed by atoms with Crippen molar-refractivity contribution in [1.82, 2.24) is 4.90 Å². The number of halogens is 1. The molecule has 0 aromatic heterocycles. The third-order valence-electron chi connectivity index (χ3n) is 5.34. The summed E-state index contributed by atoms with van der Waals surface area (Å²) in [6, 6.07) is 21.1. The van der Waals surface area contributed by atoms with Gasteiger partial charge in [-0.15, -0.1) is 0 Å². The second-order valence-corrected chi connectivity index (χ2v) is 7.47. The molecule has 3 nitrogen and oxygen atoms in total. The molecule has 146 valence electrons. The summed E-state index contributed by atoms with van der Waals surface area (Å²) < 4.78 is 14.8. The van der Waals surface area contributed by atoms with Crippen LogP contribution in [0.1, 0.15) is 33.9 Å². The van der Waals surface area contributed by atoms with Crippen molar-refractivity contribution in [2.45, 2.75) is 26.4 Å². The van der Waals surface area contributed by atoms with E-state index < -0.39 is 17.8 Å². The number of nitrogens with zero attached hydrogens (tertiary/aromatic N) is 1. The summed E-state index contributed by atoms with van der Waals surface area (Å²) in [5.41, 5.74) is 4.62. The molecule has 1 amide bonds. The highest BCUT2D eigenvalue weighted by Gasteiger charge is 2.42. The van der Waals surface area contributed by atoms with Crippen molar-refractivity contribution in [2.75, 3.05) is 0 Å². The second kappa shape index (κ2) is 7.55. The highest BCUT2D eigenvalue weighted by atomic mass is 19.1. The summed E-state index contributed by atoms with van der Waals surface area (Å²) >= 11 is 0. The SMILES string of the molecule is Cc1ccc(CN2C(=O)C(O)=C(c3ccc(C)cc3)C2c2ccccc2F)cc1. The van der Waals surface area contributed by atoms with Gasteiger partial charge in [-0.1, -0.05) is 77.9 Å². The minimum atomic E-state index is -0.701. The summed E-state index contributed by atoms with van der Waals surface area (Å²) in [6.07, 6.45) is 0.